The first-order chi connectivity index (χ1) is 14.1. The Bertz CT molecular complexity index is 995. The van der Waals surface area contributed by atoms with Crippen LogP contribution in [-0.2, 0) is 16.2 Å². The molecule has 2 fully saturated rings. The van der Waals surface area contributed by atoms with Gasteiger partial charge in [-0.25, -0.2) is 0 Å². The highest BCUT2D eigenvalue weighted by Crippen LogP contribution is 2.52. The minimum atomic E-state index is -0.216. The summed E-state index contributed by atoms with van der Waals surface area (Å²) in [4.78, 5) is 25.3. The smallest absolute Gasteiger partial charge is 0.254 e. The summed E-state index contributed by atoms with van der Waals surface area (Å²) in [5, 5.41) is 5.28. The number of rotatable bonds is 5. The third kappa shape index (κ3) is 3.16. The number of hydrogen-bond acceptors (Lipinski definition) is 4. The Kier molecular flexibility index (Phi) is 4.31. The number of carbonyl (C=O) groups is 2. The summed E-state index contributed by atoms with van der Waals surface area (Å²) in [6, 6.07) is 15.7. The summed E-state index contributed by atoms with van der Waals surface area (Å²) >= 11 is 0. The van der Waals surface area contributed by atoms with Crippen LogP contribution in [0.4, 0.5) is 0 Å². The molecule has 1 heterocycles. The van der Waals surface area contributed by atoms with E-state index in [1.54, 1.807) is 6.21 Å². The van der Waals surface area contributed by atoms with E-state index in [9.17, 15) is 9.59 Å². The number of benzene rings is 2. The first-order valence-electron chi connectivity index (χ1n) is 9.99. The summed E-state index contributed by atoms with van der Waals surface area (Å²) < 4.78 is 5.82. The number of hydrogen-bond donors (Lipinski definition) is 0. The highest BCUT2D eigenvalue weighted by Gasteiger charge is 2.59. The predicted octanol–water partition coefficient (Wildman–Crippen LogP) is 3.72. The van der Waals surface area contributed by atoms with Crippen LogP contribution in [0.5, 0.6) is 5.75 Å². The Morgan fingerprint density at radius 1 is 1.03 bits per heavy atom. The molecule has 2 aromatic rings. The Morgan fingerprint density at radius 2 is 1.72 bits per heavy atom. The maximum Gasteiger partial charge on any atom is 0.254 e. The third-order valence-electron chi connectivity index (χ3n) is 6.14. The van der Waals surface area contributed by atoms with Gasteiger partial charge in [0.1, 0.15) is 12.4 Å². The standard InChI is InChI=1S/C24H22N2O3/c1-15-3-2-4-17(11-15)14-29-20-9-5-16(6-10-20)13-25-26-23(27)21-18-7-8-19(12-18)22(21)24(26)28/h2-11,13,18-19,21-22H,12,14H2,1H3. The minimum Gasteiger partial charge on any atom is -0.489 e. The molecule has 5 heteroatoms. The van der Waals surface area contributed by atoms with Gasteiger partial charge < -0.3 is 4.74 Å². The number of hydrazone groups is 1. The van der Waals surface area contributed by atoms with Gasteiger partial charge in [-0.05, 0) is 60.6 Å². The average molecular weight is 386 g/mol. The van der Waals surface area contributed by atoms with E-state index in [0.29, 0.717) is 6.61 Å². The molecule has 4 unspecified atom stereocenters. The van der Waals surface area contributed by atoms with E-state index in [1.165, 1.54) is 5.56 Å². The lowest BCUT2D eigenvalue weighted by atomic mass is 9.85. The van der Waals surface area contributed by atoms with Crippen LogP contribution in [0.1, 0.15) is 23.1 Å². The number of aryl methyl sites for hydroxylation is 1. The van der Waals surface area contributed by atoms with Crippen LogP contribution in [0.2, 0.25) is 0 Å². The second kappa shape index (κ2) is 6.99. The SMILES string of the molecule is Cc1cccc(COc2ccc(C=NN3C(=O)C4C5C=CC(C5)C4C3=O)cc2)c1. The van der Waals surface area contributed by atoms with Crippen molar-refractivity contribution in [2.45, 2.75) is 20.0 Å². The van der Waals surface area contributed by atoms with Crippen LogP contribution in [0.25, 0.3) is 0 Å². The summed E-state index contributed by atoms with van der Waals surface area (Å²) in [7, 11) is 0. The maximum absolute atomic E-state index is 12.6. The van der Waals surface area contributed by atoms with Gasteiger partial charge in [-0.3, -0.25) is 9.59 Å². The molecule has 2 aliphatic carbocycles. The normalized spacial score (nSPS) is 27.3. The van der Waals surface area contributed by atoms with Crippen LogP contribution in [0.3, 0.4) is 0 Å². The maximum atomic E-state index is 12.6. The molecule has 0 radical (unpaired) electrons. The van der Waals surface area contributed by atoms with Crippen molar-refractivity contribution in [2.75, 3.05) is 0 Å². The zero-order valence-corrected chi connectivity index (χ0v) is 16.2. The van der Waals surface area contributed by atoms with Gasteiger partial charge >= 0.3 is 0 Å². The molecule has 0 N–H and O–H groups in total. The summed E-state index contributed by atoms with van der Waals surface area (Å²) in [6.07, 6.45) is 6.66. The van der Waals surface area contributed by atoms with E-state index in [2.05, 4.69) is 36.3 Å². The molecule has 2 bridgehead atoms. The van der Waals surface area contributed by atoms with Crippen LogP contribution < -0.4 is 4.74 Å². The molecule has 1 saturated carbocycles. The van der Waals surface area contributed by atoms with Crippen LogP contribution >= 0.6 is 0 Å². The van der Waals surface area contributed by atoms with Crippen molar-refractivity contribution in [3.05, 3.63) is 77.4 Å². The monoisotopic (exact) mass is 386 g/mol. The molecule has 1 aliphatic heterocycles. The lowest BCUT2D eigenvalue weighted by molar-refractivity contribution is -0.140. The van der Waals surface area contributed by atoms with Crippen molar-refractivity contribution in [1.82, 2.24) is 5.01 Å². The molecule has 0 aromatic heterocycles. The Labute approximate surface area is 169 Å². The number of carbonyl (C=O) groups excluding carboxylic acids is 2. The van der Waals surface area contributed by atoms with Crippen molar-refractivity contribution >= 4 is 18.0 Å². The minimum absolute atomic E-state index is 0.161. The Hall–Kier alpha value is -3.21. The van der Waals surface area contributed by atoms with E-state index in [-0.39, 0.29) is 35.5 Å². The highest BCUT2D eigenvalue weighted by atomic mass is 16.5. The summed E-state index contributed by atoms with van der Waals surface area (Å²) in [5.74, 6) is 0.406. The molecule has 0 spiro atoms. The van der Waals surface area contributed by atoms with Gasteiger partial charge in [0.15, 0.2) is 0 Å². The van der Waals surface area contributed by atoms with Gasteiger partial charge in [0, 0.05) is 0 Å². The van der Waals surface area contributed by atoms with Gasteiger partial charge in [0.05, 0.1) is 18.1 Å². The van der Waals surface area contributed by atoms with E-state index < -0.39 is 0 Å². The molecule has 1 saturated heterocycles. The largest absolute Gasteiger partial charge is 0.489 e. The molecule has 4 atom stereocenters. The average Bonchev–Trinajstić information content (AvgIpc) is 3.40. The summed E-state index contributed by atoms with van der Waals surface area (Å²) in [5.41, 5.74) is 3.14. The number of imide groups is 1. The number of nitrogens with zero attached hydrogens (tertiary/aromatic N) is 2. The molecular formula is C24H22N2O3. The fourth-order valence-corrected chi connectivity index (χ4v) is 4.74. The van der Waals surface area contributed by atoms with Crippen molar-refractivity contribution < 1.29 is 14.3 Å². The summed E-state index contributed by atoms with van der Waals surface area (Å²) in [6.45, 7) is 2.56. The first kappa shape index (κ1) is 17.9. The molecule has 3 aliphatic rings. The topological polar surface area (TPSA) is 59.0 Å². The lowest BCUT2D eigenvalue weighted by Crippen LogP contribution is -2.28. The predicted molar refractivity (Wildman–Crippen MR) is 109 cm³/mol. The van der Waals surface area contributed by atoms with Gasteiger partial charge in [0.2, 0.25) is 0 Å². The highest BCUT2D eigenvalue weighted by molar-refractivity contribution is 6.06. The van der Waals surface area contributed by atoms with E-state index in [1.807, 2.05) is 36.4 Å². The molecular weight excluding hydrogens is 364 g/mol. The zero-order chi connectivity index (χ0) is 20.0. The molecule has 146 valence electrons. The molecule has 29 heavy (non-hydrogen) atoms. The molecule has 2 amide bonds. The van der Waals surface area contributed by atoms with E-state index in [0.717, 1.165) is 28.3 Å². The van der Waals surface area contributed by atoms with Crippen molar-refractivity contribution in [3.8, 4) is 5.75 Å². The fourth-order valence-electron chi connectivity index (χ4n) is 4.74. The zero-order valence-electron chi connectivity index (χ0n) is 16.2. The second-order valence-electron chi connectivity index (χ2n) is 8.08. The van der Waals surface area contributed by atoms with E-state index in [4.69, 9.17) is 4.74 Å². The number of allylic oxidation sites excluding steroid dienone is 2. The Morgan fingerprint density at radius 3 is 2.38 bits per heavy atom. The van der Waals surface area contributed by atoms with Crippen molar-refractivity contribution in [1.29, 1.82) is 0 Å². The van der Waals surface area contributed by atoms with Gasteiger partial charge in [-0.1, -0.05) is 42.0 Å². The third-order valence-corrected chi connectivity index (χ3v) is 6.14. The van der Waals surface area contributed by atoms with E-state index >= 15 is 0 Å². The molecule has 2 aromatic carbocycles. The van der Waals surface area contributed by atoms with Crippen molar-refractivity contribution in [3.63, 3.8) is 0 Å². The van der Waals surface area contributed by atoms with Gasteiger partial charge in [-0.2, -0.15) is 10.1 Å². The molecule has 5 rings (SSSR count). The van der Waals surface area contributed by atoms with Crippen LogP contribution in [-0.4, -0.2) is 23.0 Å². The van der Waals surface area contributed by atoms with Gasteiger partial charge in [0.25, 0.3) is 11.8 Å². The number of ether oxygens (including phenoxy) is 1. The quantitative estimate of drug-likeness (QED) is 0.447. The lowest BCUT2D eigenvalue weighted by Gasteiger charge is -2.13. The Balaban J connectivity index is 1.23. The second-order valence-corrected chi connectivity index (χ2v) is 8.08. The van der Waals surface area contributed by atoms with Crippen molar-refractivity contribution in [2.24, 2.45) is 28.8 Å². The number of amides is 2. The molecule has 5 nitrogen and oxygen atoms in total. The number of fused-ring (bicyclic) bond motifs is 5. The fraction of sp³-hybridized carbons (Fsp3) is 0.292. The van der Waals surface area contributed by atoms with Gasteiger partial charge in [-0.15, -0.1) is 0 Å². The van der Waals surface area contributed by atoms with Crippen LogP contribution in [0, 0.1) is 30.6 Å². The van der Waals surface area contributed by atoms with Crippen LogP contribution in [0.15, 0.2) is 65.8 Å². The first-order valence-corrected chi connectivity index (χ1v) is 9.99.